The van der Waals surface area contributed by atoms with Crippen LogP contribution in [0, 0.1) is 13.8 Å². The number of para-hydroxylation sites is 2. The minimum absolute atomic E-state index is 0.655. The van der Waals surface area contributed by atoms with Crippen LogP contribution >= 0.6 is 0 Å². The van der Waals surface area contributed by atoms with Crippen LogP contribution in [0.25, 0.3) is 11.0 Å². The molecular weight excluding hydrogens is 370 g/mol. The Morgan fingerprint density at radius 3 is 2.40 bits per heavy atom. The lowest BCUT2D eigenvalue weighted by atomic mass is 10.1. The number of fused-ring (bicyclic) bond motifs is 1. The molecule has 3 aromatic rings. The van der Waals surface area contributed by atoms with Crippen LogP contribution in [0.5, 0.6) is 5.75 Å². The summed E-state index contributed by atoms with van der Waals surface area (Å²) in [6.07, 6.45) is 7.69. The number of imidazole rings is 1. The zero-order valence-electron chi connectivity index (χ0n) is 18.6. The summed E-state index contributed by atoms with van der Waals surface area (Å²) in [7, 11) is 0. The smallest absolute Gasteiger partial charge is 0.119 e. The fourth-order valence-electron chi connectivity index (χ4n) is 4.66. The third kappa shape index (κ3) is 5.42. The van der Waals surface area contributed by atoms with Crippen LogP contribution in [0.15, 0.2) is 42.5 Å². The van der Waals surface area contributed by atoms with Crippen molar-refractivity contribution in [2.24, 2.45) is 0 Å². The number of aromatic nitrogens is 2. The van der Waals surface area contributed by atoms with Crippen molar-refractivity contribution in [3.63, 3.8) is 0 Å². The second kappa shape index (κ2) is 10.1. The van der Waals surface area contributed by atoms with Gasteiger partial charge in [-0.1, -0.05) is 31.0 Å². The van der Waals surface area contributed by atoms with Gasteiger partial charge in [0.2, 0.25) is 0 Å². The lowest BCUT2D eigenvalue weighted by Crippen LogP contribution is -2.26. The molecule has 0 saturated carbocycles. The first kappa shape index (κ1) is 20.9. The predicted molar refractivity (Wildman–Crippen MR) is 124 cm³/mol. The Hall–Kier alpha value is -2.33. The zero-order chi connectivity index (χ0) is 20.8. The van der Waals surface area contributed by atoms with Crippen LogP contribution in [0.2, 0.25) is 0 Å². The van der Waals surface area contributed by atoms with Crippen molar-refractivity contribution >= 4 is 11.0 Å². The molecule has 30 heavy (non-hydrogen) atoms. The van der Waals surface area contributed by atoms with Gasteiger partial charge < -0.3 is 14.2 Å². The third-order valence-electron chi connectivity index (χ3n) is 6.09. The summed E-state index contributed by atoms with van der Waals surface area (Å²) in [5.74, 6) is 2.15. The second-order valence-corrected chi connectivity index (χ2v) is 8.70. The summed E-state index contributed by atoms with van der Waals surface area (Å²) in [5.41, 5.74) is 4.79. The Bertz CT molecular complexity index is 934. The summed E-state index contributed by atoms with van der Waals surface area (Å²) in [4.78, 5) is 7.60. The fraction of sp³-hybridized carbons (Fsp3) is 0.500. The molecule has 2 aromatic carbocycles. The van der Waals surface area contributed by atoms with E-state index in [2.05, 4.69) is 65.8 Å². The number of nitrogens with zero attached hydrogens (tertiary/aromatic N) is 3. The van der Waals surface area contributed by atoms with Gasteiger partial charge in [0.15, 0.2) is 0 Å². The lowest BCUT2D eigenvalue weighted by molar-refractivity contribution is 0.278. The molecule has 0 spiro atoms. The van der Waals surface area contributed by atoms with Crippen LogP contribution in [0.4, 0.5) is 0 Å². The first-order valence-corrected chi connectivity index (χ1v) is 11.6. The van der Waals surface area contributed by atoms with Gasteiger partial charge in [-0.25, -0.2) is 4.98 Å². The maximum atomic E-state index is 6.10. The molecule has 1 aliphatic heterocycles. The average Bonchev–Trinajstić information content (AvgIpc) is 2.87. The molecule has 1 saturated heterocycles. The number of hydrogen-bond acceptors (Lipinski definition) is 3. The van der Waals surface area contributed by atoms with Crippen molar-refractivity contribution in [3.8, 4) is 5.75 Å². The van der Waals surface area contributed by atoms with Crippen LogP contribution in [0.1, 0.15) is 49.1 Å². The highest BCUT2D eigenvalue weighted by Crippen LogP contribution is 2.20. The Morgan fingerprint density at radius 1 is 0.900 bits per heavy atom. The Morgan fingerprint density at radius 2 is 1.63 bits per heavy atom. The van der Waals surface area contributed by atoms with E-state index in [1.54, 1.807) is 0 Å². The van der Waals surface area contributed by atoms with Gasteiger partial charge in [-0.05, 0) is 88.1 Å². The Labute approximate surface area is 180 Å². The van der Waals surface area contributed by atoms with Crippen molar-refractivity contribution in [1.82, 2.24) is 14.5 Å². The molecule has 4 nitrogen and oxygen atoms in total. The number of likely N-dealkylation sites (tertiary alicyclic amines) is 1. The number of hydrogen-bond donors (Lipinski definition) is 0. The van der Waals surface area contributed by atoms with E-state index in [0.717, 1.165) is 24.2 Å². The molecule has 1 fully saturated rings. The number of aryl methyl sites for hydroxylation is 3. The van der Waals surface area contributed by atoms with Crippen LogP contribution in [0.3, 0.4) is 0 Å². The maximum absolute atomic E-state index is 6.10. The zero-order valence-corrected chi connectivity index (χ0v) is 18.6. The van der Waals surface area contributed by atoms with Crippen LogP contribution in [-0.4, -0.2) is 40.7 Å². The van der Waals surface area contributed by atoms with E-state index in [9.17, 15) is 0 Å². The van der Waals surface area contributed by atoms with Gasteiger partial charge in [-0.2, -0.15) is 0 Å². The van der Waals surface area contributed by atoms with Crippen molar-refractivity contribution < 1.29 is 4.74 Å². The molecule has 0 bridgehead atoms. The summed E-state index contributed by atoms with van der Waals surface area (Å²) in [6, 6.07) is 14.9. The highest BCUT2D eigenvalue weighted by Gasteiger charge is 2.13. The highest BCUT2D eigenvalue weighted by molar-refractivity contribution is 5.75. The molecule has 0 aliphatic carbocycles. The van der Waals surface area contributed by atoms with Crippen molar-refractivity contribution in [2.75, 3.05) is 26.2 Å². The molecular formula is C26H35N3O. The van der Waals surface area contributed by atoms with E-state index >= 15 is 0 Å². The van der Waals surface area contributed by atoms with Gasteiger partial charge in [0.25, 0.3) is 0 Å². The molecule has 4 heteroatoms. The molecule has 0 unspecified atom stereocenters. The minimum Gasteiger partial charge on any atom is -0.492 e. The van der Waals surface area contributed by atoms with Gasteiger partial charge in [0.05, 0.1) is 17.6 Å². The molecule has 0 atom stereocenters. The molecule has 1 aliphatic rings. The van der Waals surface area contributed by atoms with Gasteiger partial charge in [-0.3, -0.25) is 0 Å². The van der Waals surface area contributed by atoms with Crippen LogP contribution < -0.4 is 4.74 Å². The second-order valence-electron chi connectivity index (χ2n) is 8.70. The molecule has 160 valence electrons. The van der Waals surface area contributed by atoms with Crippen LogP contribution in [-0.2, 0) is 13.0 Å². The largest absolute Gasteiger partial charge is 0.492 e. The first-order chi connectivity index (χ1) is 14.7. The fourth-order valence-corrected chi connectivity index (χ4v) is 4.66. The molecule has 0 amide bonds. The number of benzene rings is 2. The van der Waals surface area contributed by atoms with Crippen molar-refractivity contribution in [3.05, 3.63) is 59.4 Å². The Kier molecular flexibility index (Phi) is 7.06. The quantitative estimate of drug-likeness (QED) is 0.493. The molecule has 0 radical (unpaired) electrons. The van der Waals surface area contributed by atoms with Gasteiger partial charge in [-0.15, -0.1) is 0 Å². The molecule has 0 N–H and O–H groups in total. The summed E-state index contributed by atoms with van der Waals surface area (Å²) in [5, 5.41) is 0. The molecule has 2 heterocycles. The van der Waals surface area contributed by atoms with E-state index in [1.807, 2.05) is 0 Å². The molecule has 4 rings (SSSR count). The highest BCUT2D eigenvalue weighted by atomic mass is 16.5. The van der Waals surface area contributed by atoms with E-state index < -0.39 is 0 Å². The van der Waals surface area contributed by atoms with E-state index in [0.29, 0.717) is 6.61 Å². The predicted octanol–water partition coefficient (Wildman–Crippen LogP) is 5.54. The lowest BCUT2D eigenvalue weighted by Gasteiger charge is -2.19. The maximum Gasteiger partial charge on any atom is 0.119 e. The SMILES string of the molecule is Cc1cc(C)cc(OCCn2c(CCCN3CCCCCC3)nc3ccccc32)c1. The average molecular weight is 406 g/mol. The monoisotopic (exact) mass is 405 g/mol. The Balaban J connectivity index is 1.40. The van der Waals surface area contributed by atoms with Gasteiger partial charge in [0.1, 0.15) is 18.2 Å². The topological polar surface area (TPSA) is 30.3 Å². The minimum atomic E-state index is 0.655. The first-order valence-electron chi connectivity index (χ1n) is 11.6. The number of rotatable bonds is 8. The van der Waals surface area contributed by atoms with Gasteiger partial charge in [0, 0.05) is 6.42 Å². The standard InChI is InChI=1S/C26H35N3O/c1-21-18-22(2)20-23(19-21)30-17-16-29-25-11-6-5-10-24(25)27-26(29)12-9-15-28-13-7-3-4-8-14-28/h5-6,10-11,18-20H,3-4,7-9,12-17H2,1-2H3. The van der Waals surface area contributed by atoms with Crippen molar-refractivity contribution in [2.45, 2.75) is 58.9 Å². The summed E-state index contributed by atoms with van der Waals surface area (Å²) >= 11 is 0. The van der Waals surface area contributed by atoms with Gasteiger partial charge >= 0.3 is 0 Å². The van der Waals surface area contributed by atoms with E-state index in [-0.39, 0.29) is 0 Å². The van der Waals surface area contributed by atoms with E-state index in [1.165, 1.54) is 74.2 Å². The molecule has 1 aromatic heterocycles. The van der Waals surface area contributed by atoms with Crippen molar-refractivity contribution in [1.29, 1.82) is 0 Å². The summed E-state index contributed by atoms with van der Waals surface area (Å²) < 4.78 is 8.46. The summed E-state index contributed by atoms with van der Waals surface area (Å²) in [6.45, 7) is 9.43. The third-order valence-corrected chi connectivity index (χ3v) is 6.09. The number of ether oxygens (including phenoxy) is 1. The van der Waals surface area contributed by atoms with E-state index in [4.69, 9.17) is 9.72 Å². The normalized spacial score (nSPS) is 15.4.